The number of hydrogen-bond donors (Lipinski definition) is 0. The van der Waals surface area contributed by atoms with E-state index < -0.39 is 0 Å². The van der Waals surface area contributed by atoms with Crippen molar-refractivity contribution in [1.82, 2.24) is 0 Å². The number of esters is 2. The van der Waals surface area contributed by atoms with Gasteiger partial charge in [0.05, 0.1) is 26.1 Å². The maximum absolute atomic E-state index is 11.4. The van der Waals surface area contributed by atoms with E-state index in [9.17, 15) is 9.59 Å². The van der Waals surface area contributed by atoms with Crippen LogP contribution in [0.25, 0.3) is 0 Å². The molecule has 20 heavy (non-hydrogen) atoms. The molecule has 0 fully saturated rings. The lowest BCUT2D eigenvalue weighted by atomic mass is 10.1. The molecule has 0 N–H and O–H groups in total. The van der Waals surface area contributed by atoms with Gasteiger partial charge in [0.2, 0.25) is 0 Å². The van der Waals surface area contributed by atoms with E-state index >= 15 is 0 Å². The Balaban J connectivity index is 3.30. The molecule has 0 heterocycles. The van der Waals surface area contributed by atoms with E-state index in [4.69, 9.17) is 21.1 Å². The van der Waals surface area contributed by atoms with Crippen molar-refractivity contribution in [3.05, 3.63) is 0 Å². The number of alkyl halides is 1. The van der Waals surface area contributed by atoms with Crippen LogP contribution in [0.5, 0.6) is 0 Å². The predicted octanol–water partition coefficient (Wildman–Crippen LogP) is 3.84. The highest BCUT2D eigenvalue weighted by Gasteiger charge is 2.08. The molecule has 0 aromatic carbocycles. The molecule has 0 unspecified atom stereocenters. The van der Waals surface area contributed by atoms with E-state index in [0.717, 1.165) is 38.0 Å². The van der Waals surface area contributed by atoms with Crippen molar-refractivity contribution in [2.24, 2.45) is 0 Å². The van der Waals surface area contributed by atoms with Crippen LogP contribution in [0.15, 0.2) is 0 Å². The molecule has 0 spiro atoms. The largest absolute Gasteiger partial charge is 0.466 e. The van der Waals surface area contributed by atoms with E-state index in [-0.39, 0.29) is 24.8 Å². The maximum Gasteiger partial charge on any atom is 0.306 e. The van der Waals surface area contributed by atoms with Crippen LogP contribution in [0.1, 0.15) is 64.7 Å². The summed E-state index contributed by atoms with van der Waals surface area (Å²) in [6.45, 7) is 2.78. The molecule has 0 radical (unpaired) electrons. The first-order chi connectivity index (χ1) is 9.70. The third kappa shape index (κ3) is 13.7. The normalized spacial score (nSPS) is 10.3. The first kappa shape index (κ1) is 19.2. The number of unbranched alkanes of at least 4 members (excludes halogenated alkanes) is 5. The van der Waals surface area contributed by atoms with Crippen LogP contribution in [0.4, 0.5) is 0 Å². The second-order valence-corrected chi connectivity index (χ2v) is 5.13. The molecule has 0 aromatic heterocycles. The van der Waals surface area contributed by atoms with E-state index in [2.05, 4.69) is 0 Å². The van der Waals surface area contributed by atoms with E-state index in [1.54, 1.807) is 0 Å². The number of rotatable bonds is 13. The molecular formula is C15H27ClO4. The average molecular weight is 307 g/mol. The molecule has 0 aliphatic carbocycles. The minimum atomic E-state index is -0.330. The fraction of sp³-hybridized carbons (Fsp3) is 0.867. The summed E-state index contributed by atoms with van der Waals surface area (Å²) in [5.41, 5.74) is 0. The molecule has 0 rings (SSSR count). The lowest BCUT2D eigenvalue weighted by molar-refractivity contribution is -0.150. The van der Waals surface area contributed by atoms with Crippen LogP contribution >= 0.6 is 11.6 Å². The minimum absolute atomic E-state index is 0.108. The summed E-state index contributed by atoms with van der Waals surface area (Å²) in [6.07, 6.45) is 7.53. The number of hydrogen-bond acceptors (Lipinski definition) is 4. The highest BCUT2D eigenvalue weighted by molar-refractivity contribution is 6.17. The Bertz CT molecular complexity index is 256. The third-order valence-corrected chi connectivity index (χ3v) is 3.06. The number of carbonyl (C=O) groups is 2. The van der Waals surface area contributed by atoms with E-state index in [1.807, 2.05) is 6.92 Å². The molecule has 0 aliphatic heterocycles. The van der Waals surface area contributed by atoms with Crippen molar-refractivity contribution in [3.63, 3.8) is 0 Å². The van der Waals surface area contributed by atoms with Gasteiger partial charge >= 0.3 is 11.9 Å². The Morgan fingerprint density at radius 3 is 1.85 bits per heavy atom. The van der Waals surface area contributed by atoms with Crippen molar-refractivity contribution < 1.29 is 19.1 Å². The molecule has 0 aromatic rings. The molecule has 118 valence electrons. The molecule has 0 saturated heterocycles. The van der Waals surface area contributed by atoms with Gasteiger partial charge in [-0.1, -0.05) is 32.6 Å². The van der Waals surface area contributed by atoms with Crippen LogP contribution in [-0.2, 0) is 19.1 Å². The molecule has 5 heteroatoms. The second kappa shape index (κ2) is 14.6. The van der Waals surface area contributed by atoms with Crippen LogP contribution in [0.3, 0.4) is 0 Å². The quantitative estimate of drug-likeness (QED) is 0.295. The van der Waals surface area contributed by atoms with Crippen molar-refractivity contribution in [2.75, 3.05) is 19.1 Å². The summed E-state index contributed by atoms with van der Waals surface area (Å²) < 4.78 is 9.93. The standard InChI is InChI=1S/C15H27ClO4/c1-2-12-19-14(17)9-10-15(18)20-13-8-6-4-3-5-7-11-16/h2-13H2,1H3. The van der Waals surface area contributed by atoms with Gasteiger partial charge in [0, 0.05) is 5.88 Å². The Morgan fingerprint density at radius 1 is 0.800 bits per heavy atom. The summed E-state index contributed by atoms with van der Waals surface area (Å²) in [7, 11) is 0. The molecule has 0 aliphatic rings. The van der Waals surface area contributed by atoms with Crippen LogP contribution in [-0.4, -0.2) is 31.0 Å². The van der Waals surface area contributed by atoms with Gasteiger partial charge in [-0.3, -0.25) is 9.59 Å². The summed E-state index contributed by atoms with van der Waals surface area (Å²) >= 11 is 5.59. The smallest absolute Gasteiger partial charge is 0.306 e. The van der Waals surface area contributed by atoms with Crippen molar-refractivity contribution in [2.45, 2.75) is 64.7 Å². The zero-order valence-electron chi connectivity index (χ0n) is 12.5. The zero-order valence-corrected chi connectivity index (χ0v) is 13.3. The summed E-state index contributed by atoms with van der Waals surface area (Å²) in [4.78, 5) is 22.5. The van der Waals surface area contributed by atoms with Gasteiger partial charge in [-0.05, 0) is 19.3 Å². The van der Waals surface area contributed by atoms with Gasteiger partial charge in [-0.25, -0.2) is 0 Å². The van der Waals surface area contributed by atoms with Crippen molar-refractivity contribution >= 4 is 23.5 Å². The van der Waals surface area contributed by atoms with Gasteiger partial charge < -0.3 is 9.47 Å². The van der Waals surface area contributed by atoms with Crippen molar-refractivity contribution in [1.29, 1.82) is 0 Å². The monoisotopic (exact) mass is 306 g/mol. The topological polar surface area (TPSA) is 52.6 Å². The van der Waals surface area contributed by atoms with Gasteiger partial charge in [0.1, 0.15) is 0 Å². The van der Waals surface area contributed by atoms with Crippen LogP contribution in [0, 0.1) is 0 Å². The van der Waals surface area contributed by atoms with Gasteiger partial charge in [-0.15, -0.1) is 11.6 Å². The molecule has 0 bridgehead atoms. The van der Waals surface area contributed by atoms with Crippen LogP contribution < -0.4 is 0 Å². The van der Waals surface area contributed by atoms with Gasteiger partial charge in [0.25, 0.3) is 0 Å². The number of carbonyl (C=O) groups excluding carboxylic acids is 2. The van der Waals surface area contributed by atoms with E-state index in [0.29, 0.717) is 13.2 Å². The summed E-state index contributed by atoms with van der Waals surface area (Å²) in [6, 6.07) is 0. The second-order valence-electron chi connectivity index (χ2n) is 4.75. The Kier molecular flexibility index (Phi) is 14.1. The first-order valence-electron chi connectivity index (χ1n) is 7.58. The zero-order chi connectivity index (χ0) is 15.1. The van der Waals surface area contributed by atoms with Crippen molar-refractivity contribution in [3.8, 4) is 0 Å². The SMILES string of the molecule is CCCOC(=O)CCC(=O)OCCCCCCCCCl. The first-order valence-corrected chi connectivity index (χ1v) is 8.11. The van der Waals surface area contributed by atoms with Gasteiger partial charge in [0.15, 0.2) is 0 Å². The van der Waals surface area contributed by atoms with E-state index in [1.165, 1.54) is 12.8 Å². The molecule has 0 saturated carbocycles. The predicted molar refractivity (Wildman–Crippen MR) is 79.9 cm³/mol. The highest BCUT2D eigenvalue weighted by atomic mass is 35.5. The van der Waals surface area contributed by atoms with Gasteiger partial charge in [-0.2, -0.15) is 0 Å². The Labute approximate surface area is 127 Å². The summed E-state index contributed by atoms with van der Waals surface area (Å²) in [5.74, 6) is 0.0851. The fourth-order valence-corrected chi connectivity index (χ4v) is 1.84. The lowest BCUT2D eigenvalue weighted by Gasteiger charge is -2.05. The molecular weight excluding hydrogens is 280 g/mol. The summed E-state index contributed by atoms with van der Waals surface area (Å²) in [5, 5.41) is 0. The van der Waals surface area contributed by atoms with Crippen LogP contribution in [0.2, 0.25) is 0 Å². The molecule has 0 atom stereocenters. The molecule has 4 nitrogen and oxygen atoms in total. The Hall–Kier alpha value is -0.770. The number of halogens is 1. The Morgan fingerprint density at radius 2 is 1.30 bits per heavy atom. The highest BCUT2D eigenvalue weighted by Crippen LogP contribution is 2.06. The minimum Gasteiger partial charge on any atom is -0.466 e. The third-order valence-electron chi connectivity index (χ3n) is 2.79. The number of ether oxygens (including phenoxy) is 2. The molecule has 0 amide bonds. The fourth-order valence-electron chi connectivity index (χ4n) is 1.65. The maximum atomic E-state index is 11.4. The average Bonchev–Trinajstić information content (AvgIpc) is 2.45. The lowest BCUT2D eigenvalue weighted by Crippen LogP contribution is -2.11.